The van der Waals surface area contributed by atoms with E-state index in [1.165, 1.54) is 32.4 Å². The first-order valence-electron chi connectivity index (χ1n) is 9.97. The van der Waals surface area contributed by atoms with Crippen molar-refractivity contribution in [3.63, 3.8) is 0 Å². The first kappa shape index (κ1) is 19.7. The number of anilines is 2. The predicted octanol–water partition coefficient (Wildman–Crippen LogP) is 3.35. The van der Waals surface area contributed by atoms with Crippen molar-refractivity contribution in [1.82, 2.24) is 5.32 Å². The highest BCUT2D eigenvalue weighted by molar-refractivity contribution is 6.39. The predicted molar refractivity (Wildman–Crippen MR) is 115 cm³/mol. The van der Waals surface area contributed by atoms with Crippen LogP contribution < -0.4 is 19.9 Å². The van der Waals surface area contributed by atoms with Crippen LogP contribution in [0.5, 0.6) is 5.75 Å². The molecular formula is C23H23N3O4. The monoisotopic (exact) mass is 405 g/mol. The number of nitrogens with zero attached hydrogens (tertiary/aromatic N) is 2. The zero-order chi connectivity index (χ0) is 21.1. The van der Waals surface area contributed by atoms with Gasteiger partial charge in [-0.15, -0.1) is 0 Å². The quantitative estimate of drug-likeness (QED) is 0.623. The summed E-state index contributed by atoms with van der Waals surface area (Å²) in [7, 11) is 1.53. The number of carbonyl (C=O) groups excluding carboxylic acids is 3. The van der Waals surface area contributed by atoms with Crippen molar-refractivity contribution in [3.05, 3.63) is 59.7 Å². The van der Waals surface area contributed by atoms with Crippen molar-refractivity contribution in [1.29, 1.82) is 0 Å². The fraction of sp³-hybridized carbons (Fsp3) is 0.261. The molecule has 2 aliphatic rings. The van der Waals surface area contributed by atoms with Crippen molar-refractivity contribution in [2.45, 2.75) is 19.3 Å². The zero-order valence-electron chi connectivity index (χ0n) is 16.8. The molecule has 7 nitrogen and oxygen atoms in total. The molecule has 0 radical (unpaired) electrons. The van der Waals surface area contributed by atoms with Gasteiger partial charge in [-0.2, -0.15) is 0 Å². The Bertz CT molecular complexity index is 990. The molecule has 2 aromatic carbocycles. The average molecular weight is 405 g/mol. The SMILES string of the molecule is COc1ccc(N2C(=O)NC(=O)/C(=C\c3ccc(N4CCCCC4)cc3)C2=O)cc1. The number of rotatable bonds is 4. The van der Waals surface area contributed by atoms with E-state index in [1.54, 1.807) is 24.3 Å². The second kappa shape index (κ2) is 8.41. The first-order chi connectivity index (χ1) is 14.6. The summed E-state index contributed by atoms with van der Waals surface area (Å²) in [5.41, 5.74) is 2.12. The Morgan fingerprint density at radius 3 is 2.13 bits per heavy atom. The number of hydrogen-bond donors (Lipinski definition) is 1. The van der Waals surface area contributed by atoms with Gasteiger partial charge in [-0.25, -0.2) is 9.69 Å². The smallest absolute Gasteiger partial charge is 0.335 e. The Hall–Kier alpha value is -3.61. The minimum Gasteiger partial charge on any atom is -0.497 e. The first-order valence-corrected chi connectivity index (χ1v) is 9.97. The van der Waals surface area contributed by atoms with Gasteiger partial charge in [-0.3, -0.25) is 14.9 Å². The molecule has 0 atom stereocenters. The van der Waals surface area contributed by atoms with Crippen molar-refractivity contribution in [2.75, 3.05) is 30.0 Å². The molecule has 0 saturated carbocycles. The molecule has 2 heterocycles. The summed E-state index contributed by atoms with van der Waals surface area (Å²) in [4.78, 5) is 40.9. The fourth-order valence-electron chi connectivity index (χ4n) is 3.72. The highest BCUT2D eigenvalue weighted by Gasteiger charge is 2.36. The van der Waals surface area contributed by atoms with E-state index in [0.29, 0.717) is 11.4 Å². The van der Waals surface area contributed by atoms with E-state index in [1.807, 2.05) is 24.3 Å². The van der Waals surface area contributed by atoms with Gasteiger partial charge < -0.3 is 9.64 Å². The van der Waals surface area contributed by atoms with Crippen LogP contribution in [-0.2, 0) is 9.59 Å². The second-order valence-electron chi connectivity index (χ2n) is 7.30. The van der Waals surface area contributed by atoms with E-state index in [-0.39, 0.29) is 5.57 Å². The highest BCUT2D eigenvalue weighted by atomic mass is 16.5. The summed E-state index contributed by atoms with van der Waals surface area (Å²) in [6, 6.07) is 13.5. The summed E-state index contributed by atoms with van der Waals surface area (Å²) in [6.07, 6.45) is 5.16. The van der Waals surface area contributed by atoms with Crippen molar-refractivity contribution < 1.29 is 19.1 Å². The van der Waals surface area contributed by atoms with Gasteiger partial charge in [-0.1, -0.05) is 12.1 Å². The van der Waals surface area contributed by atoms with Crippen LogP contribution in [0.3, 0.4) is 0 Å². The molecule has 2 fully saturated rings. The number of piperidine rings is 1. The molecular weight excluding hydrogens is 382 g/mol. The van der Waals surface area contributed by atoms with Crippen molar-refractivity contribution >= 4 is 35.3 Å². The van der Waals surface area contributed by atoms with Crippen LogP contribution in [0.1, 0.15) is 24.8 Å². The normalized spacial score (nSPS) is 18.6. The largest absolute Gasteiger partial charge is 0.497 e. The Labute approximate surface area is 174 Å². The number of nitrogens with one attached hydrogen (secondary N) is 1. The molecule has 2 aliphatic heterocycles. The number of hydrogen-bond acceptors (Lipinski definition) is 5. The van der Waals surface area contributed by atoms with Crippen LogP contribution >= 0.6 is 0 Å². The van der Waals surface area contributed by atoms with Crippen molar-refractivity contribution in [2.24, 2.45) is 0 Å². The number of ether oxygens (including phenoxy) is 1. The lowest BCUT2D eigenvalue weighted by molar-refractivity contribution is -0.122. The van der Waals surface area contributed by atoms with Crippen LogP contribution in [-0.4, -0.2) is 38.0 Å². The number of amides is 4. The summed E-state index contributed by atoms with van der Waals surface area (Å²) in [5, 5.41) is 2.24. The van der Waals surface area contributed by atoms with Gasteiger partial charge in [0.15, 0.2) is 0 Å². The van der Waals surface area contributed by atoms with Gasteiger partial charge in [0.05, 0.1) is 12.8 Å². The molecule has 7 heteroatoms. The standard InChI is InChI=1S/C23H23N3O4/c1-30-19-11-9-18(10-12-19)26-22(28)20(21(27)24-23(26)29)15-16-5-7-17(8-6-16)25-13-3-2-4-14-25/h5-12,15H,2-4,13-14H2,1H3,(H,24,27,29)/b20-15+. The summed E-state index contributed by atoms with van der Waals surface area (Å²) >= 11 is 0. The van der Waals surface area contributed by atoms with E-state index in [0.717, 1.165) is 29.2 Å². The molecule has 2 aromatic rings. The Morgan fingerprint density at radius 2 is 1.50 bits per heavy atom. The maximum atomic E-state index is 13.0. The fourth-order valence-corrected chi connectivity index (χ4v) is 3.72. The molecule has 30 heavy (non-hydrogen) atoms. The third kappa shape index (κ3) is 3.91. The number of methoxy groups -OCH3 is 1. The molecule has 1 N–H and O–H groups in total. The molecule has 2 saturated heterocycles. The number of barbiturate groups is 1. The topological polar surface area (TPSA) is 79.0 Å². The zero-order valence-corrected chi connectivity index (χ0v) is 16.8. The summed E-state index contributed by atoms with van der Waals surface area (Å²) in [5.74, 6) is -0.756. The minimum absolute atomic E-state index is 0.0869. The van der Waals surface area contributed by atoms with Gasteiger partial charge in [0, 0.05) is 18.8 Å². The lowest BCUT2D eigenvalue weighted by atomic mass is 10.1. The molecule has 4 rings (SSSR count). The summed E-state index contributed by atoms with van der Waals surface area (Å²) < 4.78 is 5.11. The Morgan fingerprint density at radius 1 is 0.867 bits per heavy atom. The molecule has 154 valence electrons. The minimum atomic E-state index is -0.771. The van der Waals surface area contributed by atoms with E-state index in [9.17, 15) is 14.4 Å². The maximum Gasteiger partial charge on any atom is 0.335 e. The molecule has 0 bridgehead atoms. The van der Waals surface area contributed by atoms with Gasteiger partial charge >= 0.3 is 6.03 Å². The van der Waals surface area contributed by atoms with Crippen LogP contribution in [0.25, 0.3) is 6.08 Å². The van der Waals surface area contributed by atoms with Crippen LogP contribution in [0.2, 0.25) is 0 Å². The molecule has 0 aliphatic carbocycles. The van der Waals surface area contributed by atoms with E-state index in [2.05, 4.69) is 10.2 Å². The molecule has 0 aromatic heterocycles. The second-order valence-corrected chi connectivity index (χ2v) is 7.30. The third-order valence-corrected chi connectivity index (χ3v) is 5.36. The van der Waals surface area contributed by atoms with E-state index in [4.69, 9.17) is 4.74 Å². The number of carbonyl (C=O) groups is 3. The van der Waals surface area contributed by atoms with Crippen LogP contribution in [0.15, 0.2) is 54.1 Å². The van der Waals surface area contributed by atoms with Gasteiger partial charge in [0.1, 0.15) is 11.3 Å². The van der Waals surface area contributed by atoms with Crippen LogP contribution in [0, 0.1) is 0 Å². The average Bonchev–Trinajstić information content (AvgIpc) is 2.78. The number of imide groups is 2. The molecule has 0 spiro atoms. The number of urea groups is 1. The Balaban J connectivity index is 1.58. The highest BCUT2D eigenvalue weighted by Crippen LogP contribution is 2.25. The maximum absolute atomic E-state index is 13.0. The third-order valence-electron chi connectivity index (χ3n) is 5.36. The molecule has 0 unspecified atom stereocenters. The van der Waals surface area contributed by atoms with Crippen molar-refractivity contribution in [3.8, 4) is 5.75 Å². The lowest BCUT2D eigenvalue weighted by Gasteiger charge is -2.29. The van der Waals surface area contributed by atoms with Gasteiger partial charge in [-0.05, 0) is 67.3 Å². The van der Waals surface area contributed by atoms with Crippen LogP contribution in [0.4, 0.5) is 16.2 Å². The van der Waals surface area contributed by atoms with E-state index < -0.39 is 17.8 Å². The van der Waals surface area contributed by atoms with E-state index >= 15 is 0 Å². The summed E-state index contributed by atoms with van der Waals surface area (Å²) in [6.45, 7) is 2.08. The number of benzene rings is 2. The Kier molecular flexibility index (Phi) is 5.52. The van der Waals surface area contributed by atoms with Gasteiger partial charge in [0.25, 0.3) is 11.8 Å². The van der Waals surface area contributed by atoms with Gasteiger partial charge in [0.2, 0.25) is 0 Å². The molecule has 4 amide bonds. The lowest BCUT2D eigenvalue weighted by Crippen LogP contribution is -2.54.